The molecule has 0 saturated carbocycles. The Bertz CT molecular complexity index is 322. The molecule has 0 atom stereocenters. The number of hydrogen-bond donors (Lipinski definition) is 1. The fourth-order valence-corrected chi connectivity index (χ4v) is 0.534. The second kappa shape index (κ2) is 23.0. The Labute approximate surface area is 95.4 Å². The van der Waals surface area contributed by atoms with Crippen LogP contribution in [0.25, 0.3) is 26.4 Å². The molecule has 1 aromatic rings. The molecular weight excluding hydrogens is 232 g/mol. The van der Waals surface area contributed by atoms with Crippen LogP contribution in [0.15, 0.2) is 30.3 Å². The molecule has 0 heterocycles. The Hall–Kier alpha value is -2.21. The van der Waals surface area contributed by atoms with E-state index in [0.29, 0.717) is 0 Å². The van der Waals surface area contributed by atoms with Crippen LogP contribution in [0.1, 0.15) is 5.56 Å². The summed E-state index contributed by atoms with van der Waals surface area (Å²) >= 11 is -1.42. The molecule has 0 amide bonds. The van der Waals surface area contributed by atoms with Crippen LogP contribution in [0, 0.1) is 12.5 Å². The van der Waals surface area contributed by atoms with Crippen LogP contribution in [0.5, 0.6) is 0 Å². The average Bonchev–Trinajstić information content (AvgIpc) is 2.22. The summed E-state index contributed by atoms with van der Waals surface area (Å²) in [4.78, 5) is 3.25. The lowest BCUT2D eigenvalue weighted by molar-refractivity contribution is 0.630. The molecule has 8 nitrogen and oxygen atoms in total. The Morgan fingerprint density at radius 2 is 1.38 bits per heavy atom. The minimum atomic E-state index is -1.42. The van der Waals surface area contributed by atoms with Crippen molar-refractivity contribution in [1.82, 2.24) is 0 Å². The van der Waals surface area contributed by atoms with Gasteiger partial charge in [0.2, 0.25) is 0 Å². The van der Waals surface area contributed by atoms with Gasteiger partial charge in [0.25, 0.3) is 0 Å². The third-order valence-corrected chi connectivity index (χ3v) is 0.940. The Kier molecular flexibility index (Phi) is 27.9. The van der Waals surface area contributed by atoms with Crippen molar-refractivity contribution in [2.45, 2.75) is 6.92 Å². The summed E-state index contributed by atoms with van der Waals surface area (Å²) in [6, 6.07) is 10.3. The first-order chi connectivity index (χ1) is 7.64. The van der Waals surface area contributed by atoms with E-state index in [0.717, 1.165) is 0 Å². The van der Waals surface area contributed by atoms with E-state index in [4.69, 9.17) is 30.5 Å². The van der Waals surface area contributed by atoms with Gasteiger partial charge in [-0.25, -0.2) is 8.42 Å². The summed E-state index contributed by atoms with van der Waals surface area (Å²) in [5, 5.41) is 0. The molecule has 9 heteroatoms. The zero-order chi connectivity index (χ0) is 13.2. The van der Waals surface area contributed by atoms with E-state index >= 15 is 0 Å². The summed E-state index contributed by atoms with van der Waals surface area (Å²) < 4.78 is 16.8. The molecule has 88 valence electrons. The zero-order valence-electron chi connectivity index (χ0n) is 8.44. The second-order valence-corrected chi connectivity index (χ2v) is 2.09. The maximum atomic E-state index is 8.40. The van der Waals surface area contributed by atoms with E-state index in [-0.39, 0.29) is 0 Å². The van der Waals surface area contributed by atoms with Gasteiger partial charge >= 0.3 is 0 Å². The Morgan fingerprint density at radius 3 is 1.50 bits per heavy atom. The topological polar surface area (TPSA) is 153 Å². The van der Waals surface area contributed by atoms with Crippen LogP contribution in [0.4, 0.5) is 0 Å². The molecule has 1 rings (SSSR count). The average molecular weight is 243 g/mol. The summed E-state index contributed by atoms with van der Waals surface area (Å²) in [7, 11) is 0. The minimum Gasteiger partial charge on any atom is -0.373 e. The monoisotopic (exact) mass is 243 g/mol. The molecule has 0 aliphatic heterocycles. The van der Waals surface area contributed by atoms with Gasteiger partial charge in [-0.05, 0) is 17.4 Å². The fourth-order valence-electron chi connectivity index (χ4n) is 0.534. The summed E-state index contributed by atoms with van der Waals surface area (Å²) in [5.74, 6) is 0. The van der Waals surface area contributed by atoms with Gasteiger partial charge in [0.15, 0.2) is 0 Å². The Morgan fingerprint density at radius 1 is 1.12 bits per heavy atom. The zero-order valence-corrected chi connectivity index (χ0v) is 9.44. The van der Waals surface area contributed by atoms with E-state index in [1.165, 1.54) is 10.5 Å². The molecule has 0 spiro atoms. The van der Waals surface area contributed by atoms with Crippen LogP contribution in [0.2, 0.25) is 0 Å². The minimum absolute atomic E-state index is 1.32. The van der Waals surface area contributed by atoms with Crippen LogP contribution < -0.4 is 0 Å². The van der Waals surface area contributed by atoms with Crippen molar-refractivity contribution >= 4 is 11.6 Å². The van der Waals surface area contributed by atoms with E-state index < -0.39 is 11.6 Å². The van der Waals surface area contributed by atoms with Gasteiger partial charge in [-0.3, -0.25) is 4.91 Å². The first kappa shape index (κ1) is 19.4. The number of nitrogens with one attached hydrogen (secondary N) is 1. The maximum absolute atomic E-state index is 8.40. The number of benzene rings is 1. The number of aryl methyl sites for hydroxylation is 1. The first-order valence-electron chi connectivity index (χ1n) is 3.64. The first-order valence-corrected chi connectivity index (χ1v) is 4.46. The number of hydrogen-bond acceptors (Lipinski definition) is 3. The summed E-state index contributed by atoms with van der Waals surface area (Å²) in [5.41, 5.74) is 27.1. The van der Waals surface area contributed by atoms with Crippen molar-refractivity contribution in [2.24, 2.45) is 0 Å². The highest BCUT2D eigenvalue weighted by molar-refractivity contribution is 7.51. The molecule has 0 bridgehead atoms. The van der Waals surface area contributed by atoms with Crippen molar-refractivity contribution in [3.05, 3.63) is 62.3 Å². The van der Waals surface area contributed by atoms with Crippen LogP contribution in [-0.2, 0) is 11.6 Å². The van der Waals surface area contributed by atoms with Crippen molar-refractivity contribution in [3.63, 3.8) is 0 Å². The largest absolute Gasteiger partial charge is 0.373 e. The molecule has 16 heavy (non-hydrogen) atoms. The fraction of sp³-hybridized carbons (Fsp3) is 0.143. The van der Waals surface area contributed by atoms with E-state index in [1.54, 1.807) is 4.91 Å². The molecule has 0 radical (unpaired) electrons. The third kappa shape index (κ3) is 40.9. The lowest BCUT2D eigenvalue weighted by Crippen LogP contribution is -1.62. The Balaban J connectivity index is -0.000000161. The van der Waals surface area contributed by atoms with Gasteiger partial charge in [-0.15, -0.1) is 5.53 Å². The summed E-state index contributed by atoms with van der Waals surface area (Å²) in [6.45, 7) is 2.08. The highest BCUT2D eigenvalue weighted by atomic mass is 32.1. The van der Waals surface area contributed by atoms with Gasteiger partial charge in [0, 0.05) is 0 Å². The quantitative estimate of drug-likeness (QED) is 0.422. The molecule has 1 N–H and O–H groups in total. The molecule has 0 aromatic heterocycles. The third-order valence-electron chi connectivity index (χ3n) is 0.940. The molecule has 0 aliphatic carbocycles. The standard InChI is InChI=1S/C7H8.HN3.N3.H2O2S/c1-7-5-3-2-4-6-7;3*1-3-2/h2-6H,1H3;1H;;3H2/q;;-1;. The lowest BCUT2D eigenvalue weighted by atomic mass is 10.2. The van der Waals surface area contributed by atoms with Crippen LogP contribution in [0.3, 0.4) is 0 Å². The molecular formula is C7H11N6O2S-. The van der Waals surface area contributed by atoms with Gasteiger partial charge < -0.3 is 11.1 Å². The molecule has 0 fully saturated rings. The SMILES string of the molecule is Cc1ccccc1.O=[SH2]=O.[N-]=[N+]=N.[N-]=[N+]=[N-]. The highest BCUT2D eigenvalue weighted by Gasteiger charge is 1.72. The van der Waals surface area contributed by atoms with Crippen molar-refractivity contribution < 1.29 is 8.42 Å². The molecule has 1 aromatic carbocycles. The smallest absolute Gasteiger partial charge is 0.129 e. The molecule has 0 saturated heterocycles. The number of rotatable bonds is 0. The van der Waals surface area contributed by atoms with Crippen molar-refractivity contribution in [2.75, 3.05) is 0 Å². The maximum Gasteiger partial charge on any atom is 0.129 e. The van der Waals surface area contributed by atoms with Gasteiger partial charge in [0.05, 0.1) is 0 Å². The second-order valence-electron chi connectivity index (χ2n) is 1.93. The van der Waals surface area contributed by atoms with Crippen LogP contribution in [-0.4, -0.2) is 8.42 Å². The highest BCUT2D eigenvalue weighted by Crippen LogP contribution is 1.92. The molecule has 0 unspecified atom stereocenters. The van der Waals surface area contributed by atoms with E-state index in [2.05, 4.69) is 19.1 Å². The van der Waals surface area contributed by atoms with Gasteiger partial charge in [-0.1, -0.05) is 35.9 Å². The summed E-state index contributed by atoms with van der Waals surface area (Å²) in [6.07, 6.45) is 0. The van der Waals surface area contributed by atoms with Crippen molar-refractivity contribution in [3.8, 4) is 0 Å². The molecule has 0 aliphatic rings. The van der Waals surface area contributed by atoms with Gasteiger partial charge in [0.1, 0.15) is 11.6 Å². The predicted octanol–water partition coefficient (Wildman–Crippen LogP) is 2.53. The van der Waals surface area contributed by atoms with E-state index in [1.807, 2.05) is 18.2 Å². The predicted molar refractivity (Wildman–Crippen MR) is 62.4 cm³/mol. The normalized spacial score (nSPS) is 5.81. The van der Waals surface area contributed by atoms with Crippen LogP contribution >= 0.6 is 0 Å². The number of nitrogens with zero attached hydrogens (tertiary/aromatic N) is 5. The van der Waals surface area contributed by atoms with Gasteiger partial charge in [-0.2, -0.15) is 0 Å². The lowest BCUT2D eigenvalue weighted by Gasteiger charge is -1.82. The van der Waals surface area contributed by atoms with Crippen molar-refractivity contribution in [1.29, 1.82) is 5.53 Å². The van der Waals surface area contributed by atoms with E-state index in [9.17, 15) is 0 Å².